The number of halogens is 1. The topological polar surface area (TPSA) is 68.2 Å². The number of benzene rings is 1. The van der Waals surface area contributed by atoms with E-state index in [0.29, 0.717) is 11.0 Å². The summed E-state index contributed by atoms with van der Waals surface area (Å²) in [4.78, 5) is 34.4. The van der Waals surface area contributed by atoms with Crippen LogP contribution in [0.5, 0.6) is 0 Å². The summed E-state index contributed by atoms with van der Waals surface area (Å²) in [6.07, 6.45) is -0.539. The predicted molar refractivity (Wildman–Crippen MR) is 95.2 cm³/mol. The zero-order chi connectivity index (χ0) is 18.0. The number of likely N-dealkylation sites (N-methyl/N-ethyl adjacent to an activating group) is 1. The zero-order valence-electron chi connectivity index (χ0n) is 14.4. The van der Waals surface area contributed by atoms with Gasteiger partial charge < -0.3 is 4.90 Å². The lowest BCUT2D eigenvalue weighted by atomic mass is 10.1. The number of guanidine groups is 1. The van der Waals surface area contributed by atoms with E-state index < -0.39 is 18.2 Å². The van der Waals surface area contributed by atoms with Crippen LogP contribution < -0.4 is 10.2 Å². The Bertz CT molecular complexity index is 878. The lowest BCUT2D eigenvalue weighted by molar-refractivity contribution is -0.126. The van der Waals surface area contributed by atoms with Crippen molar-refractivity contribution in [1.29, 1.82) is 0 Å². The van der Waals surface area contributed by atoms with E-state index in [0.717, 1.165) is 22.6 Å². The summed E-state index contributed by atoms with van der Waals surface area (Å²) >= 11 is 6.29. The minimum Gasteiger partial charge on any atom is -0.303 e. The molecule has 0 saturated carbocycles. The maximum atomic E-state index is 12.4. The van der Waals surface area contributed by atoms with E-state index in [4.69, 9.17) is 16.6 Å². The van der Waals surface area contributed by atoms with E-state index in [1.807, 2.05) is 48.8 Å². The molecule has 1 saturated heterocycles. The number of anilines is 1. The molecular formula is C17H18ClN5O2. The van der Waals surface area contributed by atoms with Crippen LogP contribution in [0.15, 0.2) is 34.6 Å². The molecule has 3 aliphatic heterocycles. The van der Waals surface area contributed by atoms with Crippen molar-refractivity contribution < 1.29 is 9.59 Å². The van der Waals surface area contributed by atoms with Crippen LogP contribution >= 0.6 is 11.6 Å². The van der Waals surface area contributed by atoms with Crippen molar-refractivity contribution in [3.8, 4) is 0 Å². The highest BCUT2D eigenvalue weighted by Crippen LogP contribution is 2.39. The van der Waals surface area contributed by atoms with Crippen LogP contribution in [-0.4, -0.2) is 47.0 Å². The average Bonchev–Trinajstić information content (AvgIpc) is 3.05. The number of hydrogen-bond acceptors (Lipinski definition) is 5. The van der Waals surface area contributed by atoms with Crippen LogP contribution in [0.25, 0.3) is 0 Å². The van der Waals surface area contributed by atoms with Gasteiger partial charge in [0.05, 0.1) is 5.69 Å². The molecule has 1 fully saturated rings. The van der Waals surface area contributed by atoms with Gasteiger partial charge in [0.15, 0.2) is 12.2 Å². The number of nitrogens with zero attached hydrogens (tertiary/aromatic N) is 4. The normalized spacial score (nSPS) is 25.3. The largest absolute Gasteiger partial charge is 0.325 e. The van der Waals surface area contributed by atoms with E-state index in [1.165, 1.54) is 4.90 Å². The number of amides is 3. The molecule has 8 heteroatoms. The molecule has 3 aliphatic rings. The molecule has 2 unspecified atom stereocenters. The number of imide groups is 1. The van der Waals surface area contributed by atoms with E-state index in [1.54, 1.807) is 7.05 Å². The minimum atomic E-state index is -0.557. The van der Waals surface area contributed by atoms with E-state index >= 15 is 0 Å². The number of fused-ring (bicyclic) bond motifs is 3. The number of aliphatic imine (C=N–C) groups is 1. The van der Waals surface area contributed by atoms with Crippen molar-refractivity contribution >= 4 is 35.2 Å². The SMILES string of the molecule is CC1=C(C)N2C(=NC3C2C(=O)NC(=O)N3C)N1c1ccc(C)c(Cl)c1. The summed E-state index contributed by atoms with van der Waals surface area (Å²) < 4.78 is 0. The molecule has 130 valence electrons. The summed E-state index contributed by atoms with van der Waals surface area (Å²) in [5.41, 5.74) is 3.78. The summed E-state index contributed by atoms with van der Waals surface area (Å²) in [7, 11) is 1.64. The number of aryl methyl sites for hydroxylation is 1. The van der Waals surface area contributed by atoms with Gasteiger partial charge in [-0.05, 0) is 38.5 Å². The first kappa shape index (κ1) is 16.0. The van der Waals surface area contributed by atoms with Gasteiger partial charge in [0, 0.05) is 23.5 Å². The third-order valence-corrected chi connectivity index (χ3v) is 5.48. The molecule has 7 nitrogen and oxygen atoms in total. The summed E-state index contributed by atoms with van der Waals surface area (Å²) in [5, 5.41) is 3.06. The minimum absolute atomic E-state index is 0.331. The molecule has 3 heterocycles. The lowest BCUT2D eigenvalue weighted by Crippen LogP contribution is -2.63. The fraction of sp³-hybridized carbons (Fsp3) is 0.353. The second-order valence-electron chi connectivity index (χ2n) is 6.50. The Balaban J connectivity index is 1.82. The Hall–Kier alpha value is -2.54. The van der Waals surface area contributed by atoms with Gasteiger partial charge in [-0.1, -0.05) is 17.7 Å². The van der Waals surface area contributed by atoms with Crippen molar-refractivity contribution in [3.05, 3.63) is 40.2 Å². The predicted octanol–water partition coefficient (Wildman–Crippen LogP) is 2.27. The maximum Gasteiger partial charge on any atom is 0.325 e. The number of hydrogen-bond donors (Lipinski definition) is 1. The Kier molecular flexibility index (Phi) is 3.34. The van der Waals surface area contributed by atoms with Gasteiger partial charge in [-0.25, -0.2) is 9.79 Å². The smallest absolute Gasteiger partial charge is 0.303 e. The van der Waals surface area contributed by atoms with Gasteiger partial charge in [0.2, 0.25) is 5.96 Å². The van der Waals surface area contributed by atoms with Crippen LogP contribution in [0, 0.1) is 6.92 Å². The molecule has 0 spiro atoms. The molecule has 1 N–H and O–H groups in total. The third kappa shape index (κ3) is 2.08. The van der Waals surface area contributed by atoms with Gasteiger partial charge in [0.1, 0.15) is 0 Å². The number of nitrogens with one attached hydrogen (secondary N) is 1. The number of carbonyl (C=O) groups excluding carboxylic acids is 2. The Labute approximate surface area is 150 Å². The average molecular weight is 360 g/mol. The van der Waals surface area contributed by atoms with Crippen LogP contribution in [-0.2, 0) is 4.79 Å². The molecule has 25 heavy (non-hydrogen) atoms. The Morgan fingerprint density at radius 3 is 2.56 bits per heavy atom. The van der Waals surface area contributed by atoms with Crippen molar-refractivity contribution in [1.82, 2.24) is 15.1 Å². The molecule has 0 aromatic heterocycles. The molecule has 0 radical (unpaired) electrons. The number of rotatable bonds is 1. The number of allylic oxidation sites excluding steroid dienone is 2. The first-order chi connectivity index (χ1) is 11.8. The van der Waals surface area contributed by atoms with E-state index in [9.17, 15) is 9.59 Å². The second-order valence-corrected chi connectivity index (χ2v) is 6.91. The van der Waals surface area contributed by atoms with Gasteiger partial charge >= 0.3 is 6.03 Å². The van der Waals surface area contributed by atoms with Crippen molar-refractivity contribution in [2.75, 3.05) is 11.9 Å². The lowest BCUT2D eigenvalue weighted by Gasteiger charge is -2.35. The molecule has 0 aliphatic carbocycles. The summed E-state index contributed by atoms with van der Waals surface area (Å²) in [6, 6.07) is 4.82. The highest BCUT2D eigenvalue weighted by Gasteiger charge is 2.53. The fourth-order valence-corrected chi connectivity index (χ4v) is 3.66. The summed E-state index contributed by atoms with van der Waals surface area (Å²) in [6.45, 7) is 5.88. The molecular weight excluding hydrogens is 342 g/mol. The van der Waals surface area contributed by atoms with E-state index in [-0.39, 0.29) is 5.91 Å². The van der Waals surface area contributed by atoms with Crippen molar-refractivity contribution in [3.63, 3.8) is 0 Å². The van der Waals surface area contributed by atoms with Crippen LogP contribution in [0.2, 0.25) is 5.02 Å². The first-order valence-electron chi connectivity index (χ1n) is 7.99. The molecule has 2 atom stereocenters. The van der Waals surface area contributed by atoms with Gasteiger partial charge in [0.25, 0.3) is 5.91 Å². The Morgan fingerprint density at radius 1 is 1.16 bits per heavy atom. The van der Waals surface area contributed by atoms with Crippen molar-refractivity contribution in [2.45, 2.75) is 33.0 Å². The Morgan fingerprint density at radius 2 is 1.88 bits per heavy atom. The first-order valence-corrected chi connectivity index (χ1v) is 8.37. The molecule has 0 bridgehead atoms. The highest BCUT2D eigenvalue weighted by atomic mass is 35.5. The van der Waals surface area contributed by atoms with Gasteiger partial charge in [-0.15, -0.1) is 0 Å². The third-order valence-electron chi connectivity index (χ3n) is 5.07. The van der Waals surface area contributed by atoms with Gasteiger partial charge in [-0.2, -0.15) is 0 Å². The quantitative estimate of drug-likeness (QED) is 0.835. The summed E-state index contributed by atoms with van der Waals surface area (Å²) in [5.74, 6) is 0.310. The zero-order valence-corrected chi connectivity index (χ0v) is 15.1. The highest BCUT2D eigenvalue weighted by molar-refractivity contribution is 6.31. The molecule has 1 aromatic rings. The van der Waals surface area contributed by atoms with Crippen LogP contribution in [0.1, 0.15) is 19.4 Å². The molecule has 1 aromatic carbocycles. The van der Waals surface area contributed by atoms with Crippen LogP contribution in [0.4, 0.5) is 10.5 Å². The van der Waals surface area contributed by atoms with Crippen LogP contribution in [0.3, 0.4) is 0 Å². The maximum absolute atomic E-state index is 12.4. The molecule has 4 rings (SSSR count). The molecule has 3 amide bonds. The van der Waals surface area contributed by atoms with Crippen molar-refractivity contribution in [2.24, 2.45) is 4.99 Å². The monoisotopic (exact) mass is 359 g/mol. The fourth-order valence-electron chi connectivity index (χ4n) is 3.49. The van der Waals surface area contributed by atoms with Gasteiger partial charge in [-0.3, -0.25) is 19.9 Å². The second kappa shape index (κ2) is 5.23. The number of carbonyl (C=O) groups is 2. The number of urea groups is 1. The van der Waals surface area contributed by atoms with E-state index in [2.05, 4.69) is 5.32 Å². The standard InChI is InChI=1S/C17H18ClN5O2/c1-8-5-6-11(7-12(8)18)22-9(2)10(3)23-13-14(19-16(22)23)21(4)17(25)20-15(13)24/h5-7,13-14H,1-4H3,(H,20,24,25).